The summed E-state index contributed by atoms with van der Waals surface area (Å²) >= 11 is 0. The summed E-state index contributed by atoms with van der Waals surface area (Å²) in [6.45, 7) is 0. The molecule has 1 heterocycles. The first kappa shape index (κ1) is 4.68. The predicted molar refractivity (Wildman–Crippen MR) is 37.5 cm³/mol. The monoisotopic (exact) mass is 118 g/mol. The van der Waals surface area contributed by atoms with E-state index in [0.717, 1.165) is 17.8 Å². The van der Waals surface area contributed by atoms with Crippen LogP contribution in [-0.4, -0.2) is 12.1 Å². The largest absolute Gasteiger partial charge is 0.328 e. The van der Waals surface area contributed by atoms with E-state index in [9.17, 15) is 0 Å². The molecule has 0 unspecified atom stereocenters. The maximum absolute atomic E-state index is 4.06. The maximum Gasteiger partial charge on any atom is 0.328 e. The Morgan fingerprint density at radius 2 is 2.56 bits per heavy atom. The van der Waals surface area contributed by atoms with Crippen molar-refractivity contribution in [1.29, 1.82) is 0 Å². The molecule has 0 amide bonds. The van der Waals surface area contributed by atoms with Crippen LogP contribution in [0.4, 0.5) is 0 Å². The molecule has 0 saturated heterocycles. The van der Waals surface area contributed by atoms with Crippen LogP contribution in [0.2, 0.25) is 0 Å². The second-order valence-electron chi connectivity index (χ2n) is 2.00. The highest BCUT2D eigenvalue weighted by atomic mass is 15.0. The van der Waals surface area contributed by atoms with Gasteiger partial charge in [0.05, 0.1) is 0 Å². The summed E-state index contributed by atoms with van der Waals surface area (Å²) in [6, 6.07) is 0. The van der Waals surface area contributed by atoms with Crippen LogP contribution in [-0.2, 0) is 0 Å². The van der Waals surface area contributed by atoms with E-state index in [1.54, 1.807) is 6.34 Å². The first-order valence-electron chi connectivity index (χ1n) is 2.93. The SMILES string of the molecule is C1=CCC2=[N+]C=NC2=C1. The molecule has 1 radical (unpaired) electrons. The van der Waals surface area contributed by atoms with Gasteiger partial charge in [-0.05, 0) is 16.1 Å². The second kappa shape index (κ2) is 1.65. The molecule has 0 fully saturated rings. The molecule has 43 valence electrons. The van der Waals surface area contributed by atoms with Crippen LogP contribution < -0.4 is 4.99 Å². The van der Waals surface area contributed by atoms with Gasteiger partial charge in [0.1, 0.15) is 0 Å². The highest BCUT2D eigenvalue weighted by molar-refractivity contribution is 6.07. The van der Waals surface area contributed by atoms with Crippen molar-refractivity contribution >= 4 is 12.1 Å². The highest BCUT2D eigenvalue weighted by Crippen LogP contribution is 2.10. The molecule has 0 aromatic carbocycles. The van der Waals surface area contributed by atoms with Gasteiger partial charge >= 0.3 is 6.34 Å². The maximum atomic E-state index is 4.06. The third-order valence-corrected chi connectivity index (χ3v) is 1.41. The van der Waals surface area contributed by atoms with Crippen LogP contribution in [0.25, 0.3) is 0 Å². The Morgan fingerprint density at radius 3 is 3.44 bits per heavy atom. The number of nitrogens with zero attached hydrogens (tertiary/aromatic N) is 2. The van der Waals surface area contributed by atoms with E-state index in [1.807, 2.05) is 12.2 Å². The van der Waals surface area contributed by atoms with Gasteiger partial charge in [0.15, 0.2) is 0 Å². The van der Waals surface area contributed by atoms with Crippen molar-refractivity contribution < 1.29 is 0 Å². The van der Waals surface area contributed by atoms with E-state index in [4.69, 9.17) is 0 Å². The van der Waals surface area contributed by atoms with Crippen LogP contribution in [0.1, 0.15) is 6.42 Å². The van der Waals surface area contributed by atoms with Crippen LogP contribution in [0.15, 0.2) is 28.9 Å². The molecular formula is C7H6N2+. The fraction of sp³-hybridized carbons (Fsp3) is 0.143. The lowest BCUT2D eigenvalue weighted by molar-refractivity contribution is 1.36. The number of fused-ring (bicyclic) bond motifs is 1. The number of allylic oxidation sites excluding steroid dienone is 4. The molecule has 0 spiro atoms. The molecule has 2 rings (SSSR count). The van der Waals surface area contributed by atoms with Crippen molar-refractivity contribution in [2.45, 2.75) is 6.42 Å². The summed E-state index contributed by atoms with van der Waals surface area (Å²) in [4.78, 5) is 8.10. The van der Waals surface area contributed by atoms with Crippen LogP contribution in [0.5, 0.6) is 0 Å². The summed E-state index contributed by atoms with van der Waals surface area (Å²) in [5.74, 6) is 0. The molecule has 0 N–H and O–H groups in total. The van der Waals surface area contributed by atoms with Gasteiger partial charge in [-0.25, -0.2) is 0 Å². The van der Waals surface area contributed by atoms with Gasteiger partial charge in [0, 0.05) is 6.42 Å². The molecule has 2 nitrogen and oxygen atoms in total. The Balaban J connectivity index is 2.46. The normalized spacial score (nSPS) is 21.3. The van der Waals surface area contributed by atoms with E-state index in [1.165, 1.54) is 0 Å². The van der Waals surface area contributed by atoms with Gasteiger partial charge in [-0.3, -0.25) is 0 Å². The fourth-order valence-corrected chi connectivity index (χ4v) is 0.937. The number of hydrogen-bond acceptors (Lipinski definition) is 2. The summed E-state index contributed by atoms with van der Waals surface area (Å²) in [5, 5.41) is 0. The first-order chi connectivity index (χ1) is 4.47. The minimum atomic E-state index is 0.936. The van der Waals surface area contributed by atoms with E-state index < -0.39 is 0 Å². The standard InChI is InChI=1S/C7H6N2/c1-2-4-7-6(3-1)8-5-9-7/h1-3,5H,4H2/q+1. The molecule has 0 bridgehead atoms. The molecule has 0 aromatic rings. The van der Waals surface area contributed by atoms with Gasteiger partial charge in [-0.1, -0.05) is 12.2 Å². The molecule has 0 saturated carbocycles. The predicted octanol–water partition coefficient (Wildman–Crippen LogP) is 0.649. The molecule has 1 aliphatic carbocycles. The Labute approximate surface area is 53.3 Å². The third-order valence-electron chi connectivity index (χ3n) is 1.41. The lowest BCUT2D eigenvalue weighted by Crippen LogP contribution is -2.03. The Hall–Kier alpha value is -1.18. The topological polar surface area (TPSA) is 26.5 Å². The summed E-state index contributed by atoms with van der Waals surface area (Å²) < 4.78 is 0. The zero-order chi connectivity index (χ0) is 6.10. The number of hydrogen-bond donors (Lipinski definition) is 0. The zero-order valence-electron chi connectivity index (χ0n) is 4.91. The van der Waals surface area contributed by atoms with Crippen LogP contribution >= 0.6 is 0 Å². The molecule has 0 atom stereocenters. The quantitative estimate of drug-likeness (QED) is 0.446. The summed E-state index contributed by atoms with van der Waals surface area (Å²) in [6.07, 6.45) is 8.61. The molecule has 2 aliphatic rings. The van der Waals surface area contributed by atoms with Crippen molar-refractivity contribution in [1.82, 2.24) is 4.99 Å². The Bertz CT molecular complexity index is 244. The van der Waals surface area contributed by atoms with Gasteiger partial charge in [0.25, 0.3) is 0 Å². The molecule has 1 aliphatic heterocycles. The Morgan fingerprint density at radius 1 is 1.56 bits per heavy atom. The Kier molecular flexibility index (Phi) is 0.859. The molecule has 9 heavy (non-hydrogen) atoms. The van der Waals surface area contributed by atoms with Crippen molar-refractivity contribution in [2.24, 2.45) is 4.99 Å². The van der Waals surface area contributed by atoms with Gasteiger partial charge in [-0.15, -0.1) is 0 Å². The third kappa shape index (κ3) is 0.633. The average Bonchev–Trinajstić information content (AvgIpc) is 2.33. The summed E-state index contributed by atoms with van der Waals surface area (Å²) in [5.41, 5.74) is 2.12. The summed E-state index contributed by atoms with van der Waals surface area (Å²) in [7, 11) is 0. The molecule has 0 aromatic heterocycles. The minimum absolute atomic E-state index is 0.936. The fourth-order valence-electron chi connectivity index (χ4n) is 0.937. The smallest absolute Gasteiger partial charge is 0.0760 e. The zero-order valence-corrected chi connectivity index (χ0v) is 4.91. The lowest BCUT2D eigenvalue weighted by Gasteiger charge is -1.90. The van der Waals surface area contributed by atoms with E-state index >= 15 is 0 Å². The highest BCUT2D eigenvalue weighted by Gasteiger charge is 2.20. The number of aliphatic imine (C=N–C) groups is 2. The average molecular weight is 118 g/mol. The molecular weight excluding hydrogens is 112 g/mol. The van der Waals surface area contributed by atoms with Gasteiger partial charge in [0.2, 0.25) is 11.4 Å². The van der Waals surface area contributed by atoms with Crippen molar-refractivity contribution in [3.63, 3.8) is 0 Å². The van der Waals surface area contributed by atoms with E-state index in [-0.39, 0.29) is 0 Å². The van der Waals surface area contributed by atoms with Crippen molar-refractivity contribution in [2.75, 3.05) is 0 Å². The van der Waals surface area contributed by atoms with Crippen LogP contribution in [0.3, 0.4) is 0 Å². The molecule has 2 heteroatoms. The first-order valence-corrected chi connectivity index (χ1v) is 2.93. The minimum Gasteiger partial charge on any atom is -0.0760 e. The van der Waals surface area contributed by atoms with Crippen LogP contribution in [0, 0.1) is 0 Å². The van der Waals surface area contributed by atoms with Gasteiger partial charge in [-0.2, -0.15) is 0 Å². The van der Waals surface area contributed by atoms with E-state index in [2.05, 4.69) is 16.1 Å². The van der Waals surface area contributed by atoms with Gasteiger partial charge < -0.3 is 0 Å². The van der Waals surface area contributed by atoms with Crippen molar-refractivity contribution in [3.8, 4) is 0 Å². The van der Waals surface area contributed by atoms with E-state index in [0.29, 0.717) is 0 Å². The van der Waals surface area contributed by atoms with Crippen molar-refractivity contribution in [3.05, 3.63) is 23.9 Å². The second-order valence-corrected chi connectivity index (χ2v) is 2.00. The number of rotatable bonds is 0. The lowest BCUT2D eigenvalue weighted by atomic mass is 10.1.